The maximum Gasteiger partial charge on any atom is 0.237 e. The van der Waals surface area contributed by atoms with Crippen LogP contribution in [0.15, 0.2) is 47.6 Å². The minimum Gasteiger partial charge on any atom is -0.497 e. The molecule has 0 bridgehead atoms. The number of hydrogen-bond donors (Lipinski definition) is 1. The van der Waals surface area contributed by atoms with Gasteiger partial charge in [-0.25, -0.2) is 0 Å². The van der Waals surface area contributed by atoms with E-state index in [1.54, 1.807) is 27.4 Å². The van der Waals surface area contributed by atoms with Gasteiger partial charge in [0.15, 0.2) is 22.5 Å². The number of carbonyl (C=O) groups is 1. The summed E-state index contributed by atoms with van der Waals surface area (Å²) in [6.07, 6.45) is 5.72. The van der Waals surface area contributed by atoms with E-state index in [1.807, 2.05) is 43.3 Å². The van der Waals surface area contributed by atoms with Gasteiger partial charge in [0, 0.05) is 23.4 Å². The summed E-state index contributed by atoms with van der Waals surface area (Å²) in [5, 5.41) is 12.4. The number of rotatable bonds is 9. The van der Waals surface area contributed by atoms with Crippen LogP contribution in [0.2, 0.25) is 0 Å². The molecule has 1 saturated carbocycles. The first-order chi connectivity index (χ1) is 17.0. The van der Waals surface area contributed by atoms with Crippen molar-refractivity contribution >= 4 is 23.4 Å². The quantitative estimate of drug-likeness (QED) is 0.386. The topological polar surface area (TPSA) is 87.5 Å². The molecule has 1 atom stereocenters. The molecule has 1 N–H and O–H groups in total. The Morgan fingerprint density at radius 3 is 2.49 bits per heavy atom. The third-order valence-electron chi connectivity index (χ3n) is 6.23. The number of anilines is 1. The molecule has 9 heteroatoms. The third kappa shape index (κ3) is 5.73. The largest absolute Gasteiger partial charge is 0.497 e. The van der Waals surface area contributed by atoms with Crippen LogP contribution in [0.4, 0.5) is 5.69 Å². The summed E-state index contributed by atoms with van der Waals surface area (Å²) < 4.78 is 18.4. The van der Waals surface area contributed by atoms with E-state index in [1.165, 1.54) is 31.0 Å². The molecule has 1 fully saturated rings. The molecule has 4 rings (SSSR count). The number of hydrogen-bond acceptors (Lipinski definition) is 7. The highest BCUT2D eigenvalue weighted by Crippen LogP contribution is 2.39. The minimum atomic E-state index is -0.369. The zero-order chi connectivity index (χ0) is 24.8. The first-order valence-electron chi connectivity index (χ1n) is 11.8. The highest BCUT2D eigenvalue weighted by atomic mass is 32.2. The molecule has 1 aliphatic carbocycles. The Kier molecular flexibility index (Phi) is 8.17. The molecule has 1 aromatic heterocycles. The monoisotopic (exact) mass is 496 g/mol. The number of ether oxygens (including phenoxy) is 3. The van der Waals surface area contributed by atoms with E-state index in [0.29, 0.717) is 22.9 Å². The minimum absolute atomic E-state index is 0.103. The number of amides is 1. The van der Waals surface area contributed by atoms with Crippen molar-refractivity contribution in [2.75, 3.05) is 26.6 Å². The molecule has 1 amide bonds. The van der Waals surface area contributed by atoms with E-state index in [2.05, 4.69) is 20.1 Å². The molecule has 2 aromatic carbocycles. The van der Waals surface area contributed by atoms with Crippen LogP contribution in [0.3, 0.4) is 0 Å². The van der Waals surface area contributed by atoms with E-state index in [-0.39, 0.29) is 17.2 Å². The Bertz CT molecular complexity index is 1160. The molecule has 1 aliphatic rings. The Morgan fingerprint density at radius 1 is 1.00 bits per heavy atom. The van der Waals surface area contributed by atoms with E-state index in [4.69, 9.17) is 14.2 Å². The predicted octanol–water partition coefficient (Wildman–Crippen LogP) is 5.60. The van der Waals surface area contributed by atoms with Crippen LogP contribution in [0.1, 0.15) is 45.1 Å². The lowest BCUT2D eigenvalue weighted by atomic mass is 9.95. The second kappa shape index (κ2) is 11.5. The molecule has 0 spiro atoms. The molecule has 0 radical (unpaired) electrons. The van der Waals surface area contributed by atoms with Crippen molar-refractivity contribution in [3.8, 4) is 28.6 Å². The maximum atomic E-state index is 13.0. The summed E-state index contributed by atoms with van der Waals surface area (Å²) in [5.74, 6) is 2.68. The number of carbonyl (C=O) groups excluding carboxylic acids is 1. The number of aromatic nitrogens is 3. The van der Waals surface area contributed by atoms with Gasteiger partial charge in [-0.15, -0.1) is 10.2 Å². The molecular formula is C26H32N4O4S. The normalized spacial score (nSPS) is 14.9. The number of benzene rings is 2. The highest BCUT2D eigenvalue weighted by Gasteiger charge is 2.27. The predicted molar refractivity (Wildman–Crippen MR) is 138 cm³/mol. The number of nitrogens with one attached hydrogen (secondary N) is 1. The second-order valence-corrected chi connectivity index (χ2v) is 9.83. The van der Waals surface area contributed by atoms with Crippen LogP contribution in [0.25, 0.3) is 11.4 Å². The van der Waals surface area contributed by atoms with Gasteiger partial charge >= 0.3 is 0 Å². The molecule has 0 aliphatic heterocycles. The fraction of sp³-hybridized carbons (Fsp3) is 0.423. The van der Waals surface area contributed by atoms with Gasteiger partial charge < -0.3 is 19.5 Å². The van der Waals surface area contributed by atoms with Crippen molar-refractivity contribution in [1.29, 1.82) is 0 Å². The molecule has 8 nitrogen and oxygen atoms in total. The van der Waals surface area contributed by atoms with Gasteiger partial charge in [-0.05, 0) is 50.1 Å². The van der Waals surface area contributed by atoms with E-state index >= 15 is 0 Å². The lowest BCUT2D eigenvalue weighted by molar-refractivity contribution is -0.115. The van der Waals surface area contributed by atoms with Crippen LogP contribution >= 0.6 is 11.8 Å². The molecular weight excluding hydrogens is 464 g/mol. The van der Waals surface area contributed by atoms with Crippen molar-refractivity contribution in [3.63, 3.8) is 0 Å². The summed E-state index contributed by atoms with van der Waals surface area (Å²) in [5.41, 5.74) is 1.60. The highest BCUT2D eigenvalue weighted by molar-refractivity contribution is 8.00. The first-order valence-corrected chi connectivity index (χ1v) is 12.7. The number of thioether (sulfide) groups is 1. The first kappa shape index (κ1) is 24.9. The summed E-state index contributed by atoms with van der Waals surface area (Å²) in [4.78, 5) is 13.0. The summed E-state index contributed by atoms with van der Waals surface area (Å²) in [6.45, 7) is 1.89. The van der Waals surface area contributed by atoms with Crippen molar-refractivity contribution < 1.29 is 19.0 Å². The fourth-order valence-electron chi connectivity index (χ4n) is 4.35. The Balaban J connectivity index is 1.61. The lowest BCUT2D eigenvalue weighted by Gasteiger charge is -2.26. The molecule has 1 heterocycles. The van der Waals surface area contributed by atoms with Crippen LogP contribution in [-0.4, -0.2) is 47.3 Å². The van der Waals surface area contributed by atoms with Crippen molar-refractivity contribution in [3.05, 3.63) is 42.5 Å². The van der Waals surface area contributed by atoms with Gasteiger partial charge in [0.1, 0.15) is 5.75 Å². The van der Waals surface area contributed by atoms with Gasteiger partial charge in [-0.2, -0.15) is 0 Å². The Hall–Kier alpha value is -3.20. The van der Waals surface area contributed by atoms with Crippen LogP contribution in [-0.2, 0) is 4.79 Å². The van der Waals surface area contributed by atoms with Gasteiger partial charge in [0.05, 0.1) is 26.6 Å². The van der Waals surface area contributed by atoms with Gasteiger partial charge in [-0.3, -0.25) is 9.36 Å². The molecule has 0 saturated heterocycles. The van der Waals surface area contributed by atoms with E-state index in [0.717, 1.165) is 29.4 Å². The van der Waals surface area contributed by atoms with Crippen molar-refractivity contribution in [1.82, 2.24) is 14.8 Å². The van der Waals surface area contributed by atoms with Crippen molar-refractivity contribution in [2.24, 2.45) is 0 Å². The van der Waals surface area contributed by atoms with Gasteiger partial charge in [-0.1, -0.05) is 37.1 Å². The van der Waals surface area contributed by atoms with Gasteiger partial charge in [0.25, 0.3) is 0 Å². The average molecular weight is 497 g/mol. The lowest BCUT2D eigenvalue weighted by Crippen LogP contribution is -2.23. The third-order valence-corrected chi connectivity index (χ3v) is 7.29. The second-order valence-electron chi connectivity index (χ2n) is 8.52. The molecule has 35 heavy (non-hydrogen) atoms. The fourth-order valence-corrected chi connectivity index (χ4v) is 5.27. The van der Waals surface area contributed by atoms with Crippen LogP contribution in [0.5, 0.6) is 17.2 Å². The van der Waals surface area contributed by atoms with Gasteiger partial charge in [0.2, 0.25) is 5.91 Å². The van der Waals surface area contributed by atoms with Crippen LogP contribution in [0, 0.1) is 0 Å². The number of methoxy groups -OCH3 is 3. The maximum absolute atomic E-state index is 13.0. The SMILES string of the molecule is COc1cccc(NC(=O)C(C)Sc2nnc(-c3ccc(OC)c(OC)c3)n2C2CCCCC2)c1. The molecule has 3 aromatic rings. The standard InChI is InChI=1S/C26H32N4O4S/c1-17(25(31)27-19-9-8-12-21(16-19)32-2)35-26-29-28-24(30(26)20-10-6-5-7-11-20)18-13-14-22(33-3)23(15-18)34-4/h8-9,12-17,20H,5-7,10-11H2,1-4H3,(H,27,31). The summed E-state index contributed by atoms with van der Waals surface area (Å²) in [7, 11) is 4.85. The smallest absolute Gasteiger partial charge is 0.237 e. The zero-order valence-electron chi connectivity index (χ0n) is 20.6. The van der Waals surface area contributed by atoms with E-state index < -0.39 is 0 Å². The number of nitrogens with zero attached hydrogens (tertiary/aromatic N) is 3. The van der Waals surface area contributed by atoms with Crippen molar-refractivity contribution in [2.45, 2.75) is 55.5 Å². The van der Waals surface area contributed by atoms with E-state index in [9.17, 15) is 4.79 Å². The summed E-state index contributed by atoms with van der Waals surface area (Å²) >= 11 is 1.42. The Morgan fingerprint density at radius 2 is 1.77 bits per heavy atom. The molecule has 186 valence electrons. The molecule has 1 unspecified atom stereocenters. The summed E-state index contributed by atoms with van der Waals surface area (Å²) in [6, 6.07) is 13.4. The van der Waals surface area contributed by atoms with Crippen LogP contribution < -0.4 is 19.5 Å². The Labute approximate surface area is 210 Å². The zero-order valence-corrected chi connectivity index (χ0v) is 21.4. The average Bonchev–Trinajstić information content (AvgIpc) is 3.32.